The van der Waals surface area contributed by atoms with Crippen LogP contribution in [0.15, 0.2) is 42.5 Å². The number of aromatic nitrogens is 1. The van der Waals surface area contributed by atoms with Crippen LogP contribution in [0.4, 0.5) is 5.13 Å². The molecule has 0 saturated heterocycles. The molecule has 2 aromatic carbocycles. The van der Waals surface area contributed by atoms with Gasteiger partial charge in [-0.25, -0.2) is 4.98 Å². The summed E-state index contributed by atoms with van der Waals surface area (Å²) in [4.78, 5) is 48.7. The molecule has 8 nitrogen and oxygen atoms in total. The van der Waals surface area contributed by atoms with Gasteiger partial charge in [0.25, 0.3) is 11.8 Å². The van der Waals surface area contributed by atoms with Crippen molar-refractivity contribution in [2.45, 2.75) is 20.8 Å². The molecule has 3 amide bonds. The molecular weight excluding hydrogens is 452 g/mol. The van der Waals surface area contributed by atoms with E-state index in [1.165, 1.54) is 11.3 Å². The predicted molar refractivity (Wildman–Crippen MR) is 133 cm³/mol. The van der Waals surface area contributed by atoms with Gasteiger partial charge in [0, 0.05) is 13.1 Å². The molecule has 0 unspecified atom stereocenters. The fraction of sp³-hybridized carbons (Fsp3) is 0.360. The zero-order valence-corrected chi connectivity index (χ0v) is 20.4. The Balaban J connectivity index is 1.63. The number of para-hydroxylation sites is 1. The molecular formula is C25H28N4O4S. The molecule has 0 bridgehead atoms. The molecule has 0 spiro atoms. The van der Waals surface area contributed by atoms with Gasteiger partial charge in [-0.15, -0.1) is 0 Å². The van der Waals surface area contributed by atoms with E-state index >= 15 is 0 Å². The molecule has 34 heavy (non-hydrogen) atoms. The molecule has 1 aliphatic rings. The van der Waals surface area contributed by atoms with Gasteiger partial charge in [-0.1, -0.05) is 43.4 Å². The van der Waals surface area contributed by atoms with Crippen LogP contribution < -0.4 is 9.64 Å². The summed E-state index contributed by atoms with van der Waals surface area (Å²) in [6.45, 7) is 8.98. The summed E-state index contributed by atoms with van der Waals surface area (Å²) in [5.74, 6) is -0.571. The summed E-state index contributed by atoms with van der Waals surface area (Å²) in [5, 5.41) is 0.524. The summed E-state index contributed by atoms with van der Waals surface area (Å²) in [5.41, 5.74) is 1.36. The largest absolute Gasteiger partial charge is 0.492 e. The van der Waals surface area contributed by atoms with E-state index in [-0.39, 0.29) is 12.5 Å². The summed E-state index contributed by atoms with van der Waals surface area (Å²) < 4.78 is 6.62. The molecule has 0 radical (unpaired) electrons. The molecule has 178 valence electrons. The third kappa shape index (κ3) is 4.53. The Morgan fingerprint density at radius 3 is 2.26 bits per heavy atom. The van der Waals surface area contributed by atoms with Crippen molar-refractivity contribution in [3.63, 3.8) is 0 Å². The van der Waals surface area contributed by atoms with Gasteiger partial charge in [-0.05, 0) is 44.3 Å². The number of amides is 3. The van der Waals surface area contributed by atoms with E-state index in [0.717, 1.165) is 22.7 Å². The quantitative estimate of drug-likeness (QED) is 0.412. The lowest BCUT2D eigenvalue weighted by Gasteiger charge is -2.26. The Labute approximate surface area is 202 Å². The first kappa shape index (κ1) is 23.8. The molecule has 0 aliphatic carbocycles. The number of likely N-dealkylation sites (N-methyl/N-ethyl adjacent to an activating group) is 1. The lowest BCUT2D eigenvalue weighted by molar-refractivity contribution is -0.119. The number of rotatable bonds is 10. The van der Waals surface area contributed by atoms with Crippen molar-refractivity contribution in [1.82, 2.24) is 14.8 Å². The zero-order chi connectivity index (χ0) is 24.2. The maximum atomic E-state index is 13.5. The van der Waals surface area contributed by atoms with Crippen LogP contribution in [-0.4, -0.2) is 71.8 Å². The van der Waals surface area contributed by atoms with Gasteiger partial charge in [0.05, 0.1) is 22.4 Å². The van der Waals surface area contributed by atoms with Gasteiger partial charge in [-0.3, -0.25) is 24.2 Å². The minimum Gasteiger partial charge on any atom is -0.492 e. The van der Waals surface area contributed by atoms with Gasteiger partial charge in [0.1, 0.15) is 17.8 Å². The Morgan fingerprint density at radius 2 is 1.65 bits per heavy atom. The average molecular weight is 481 g/mol. The Hall–Kier alpha value is -3.30. The van der Waals surface area contributed by atoms with E-state index in [1.54, 1.807) is 29.2 Å². The van der Waals surface area contributed by atoms with Crippen LogP contribution in [0.1, 0.15) is 41.5 Å². The highest BCUT2D eigenvalue weighted by molar-refractivity contribution is 7.22. The molecule has 9 heteroatoms. The number of ether oxygens (including phenoxy) is 1. The number of fused-ring (bicyclic) bond motifs is 2. The van der Waals surface area contributed by atoms with Crippen LogP contribution in [0, 0.1) is 0 Å². The smallest absolute Gasteiger partial charge is 0.262 e. The van der Waals surface area contributed by atoms with Crippen molar-refractivity contribution in [3.8, 4) is 5.75 Å². The highest BCUT2D eigenvalue weighted by Gasteiger charge is 2.37. The number of anilines is 1. The molecule has 0 atom stereocenters. The van der Waals surface area contributed by atoms with Crippen molar-refractivity contribution in [2.24, 2.45) is 0 Å². The van der Waals surface area contributed by atoms with Crippen LogP contribution in [0.5, 0.6) is 5.75 Å². The Kier molecular flexibility index (Phi) is 7.23. The highest BCUT2D eigenvalue weighted by atomic mass is 32.1. The van der Waals surface area contributed by atoms with Crippen molar-refractivity contribution in [3.05, 3.63) is 53.6 Å². The first-order valence-corrected chi connectivity index (χ1v) is 12.3. The van der Waals surface area contributed by atoms with E-state index in [1.807, 2.05) is 25.1 Å². The molecule has 0 N–H and O–H groups in total. The topological polar surface area (TPSA) is 83.0 Å². The minimum atomic E-state index is -0.444. The molecule has 2 heterocycles. The van der Waals surface area contributed by atoms with Crippen molar-refractivity contribution >= 4 is 44.4 Å². The fourth-order valence-electron chi connectivity index (χ4n) is 4.01. The minimum absolute atomic E-state index is 0.330. The monoisotopic (exact) mass is 480 g/mol. The second-order valence-corrected chi connectivity index (χ2v) is 8.86. The SMILES string of the molecule is CCOc1cccc2sc(N(CCN(CC)CC)C(=O)CN3C(=O)c4ccccc4C3=O)nc12. The standard InChI is InChI=1S/C25H28N4O4S/c1-4-27(5-2)14-15-28(25-26-22-19(33-6-3)12-9-13-20(22)34-25)21(30)16-29-23(31)17-10-7-8-11-18(17)24(29)32/h7-13H,4-6,14-16H2,1-3H3. The zero-order valence-electron chi connectivity index (χ0n) is 19.6. The molecule has 4 rings (SSSR count). The number of hydrogen-bond donors (Lipinski definition) is 0. The van der Waals surface area contributed by atoms with Crippen LogP contribution in [0.2, 0.25) is 0 Å². The molecule has 1 aliphatic heterocycles. The fourth-order valence-corrected chi connectivity index (χ4v) is 5.04. The lowest BCUT2D eigenvalue weighted by Crippen LogP contribution is -2.45. The number of hydrogen-bond acceptors (Lipinski definition) is 7. The number of imide groups is 1. The molecule has 0 saturated carbocycles. The van der Waals surface area contributed by atoms with Crippen molar-refractivity contribution in [2.75, 3.05) is 44.2 Å². The van der Waals surface area contributed by atoms with Gasteiger partial charge in [0.15, 0.2) is 5.13 Å². The average Bonchev–Trinajstić information content (AvgIpc) is 3.38. The second-order valence-electron chi connectivity index (χ2n) is 7.85. The van der Waals surface area contributed by atoms with E-state index in [4.69, 9.17) is 9.72 Å². The second kappa shape index (κ2) is 10.3. The first-order valence-electron chi connectivity index (χ1n) is 11.5. The van der Waals surface area contributed by atoms with Crippen LogP contribution >= 0.6 is 11.3 Å². The summed E-state index contributed by atoms with van der Waals surface area (Å²) >= 11 is 1.39. The van der Waals surface area contributed by atoms with Crippen LogP contribution in [0.3, 0.4) is 0 Å². The van der Waals surface area contributed by atoms with Crippen LogP contribution in [0.25, 0.3) is 10.2 Å². The van der Waals surface area contributed by atoms with Gasteiger partial charge in [0.2, 0.25) is 5.91 Å². The predicted octanol–water partition coefficient (Wildman–Crippen LogP) is 3.67. The maximum absolute atomic E-state index is 13.5. The molecule has 3 aromatic rings. The van der Waals surface area contributed by atoms with Gasteiger partial charge < -0.3 is 9.64 Å². The van der Waals surface area contributed by atoms with Crippen molar-refractivity contribution < 1.29 is 19.1 Å². The van der Waals surface area contributed by atoms with E-state index in [0.29, 0.717) is 47.2 Å². The first-order chi connectivity index (χ1) is 16.5. The summed E-state index contributed by atoms with van der Waals surface area (Å²) in [6, 6.07) is 12.3. The maximum Gasteiger partial charge on any atom is 0.262 e. The third-order valence-corrected chi connectivity index (χ3v) is 6.95. The van der Waals surface area contributed by atoms with E-state index in [2.05, 4.69) is 18.7 Å². The number of nitrogens with zero attached hydrogens (tertiary/aromatic N) is 4. The van der Waals surface area contributed by atoms with Gasteiger partial charge >= 0.3 is 0 Å². The molecule has 1 aromatic heterocycles. The highest BCUT2D eigenvalue weighted by Crippen LogP contribution is 2.34. The molecule has 0 fully saturated rings. The third-order valence-electron chi connectivity index (χ3n) is 5.91. The van der Waals surface area contributed by atoms with Gasteiger partial charge in [-0.2, -0.15) is 0 Å². The van der Waals surface area contributed by atoms with Crippen LogP contribution in [-0.2, 0) is 4.79 Å². The number of carbonyl (C=O) groups is 3. The normalized spacial score (nSPS) is 13.1. The Bertz CT molecular complexity index is 1190. The summed E-state index contributed by atoms with van der Waals surface area (Å²) in [6.07, 6.45) is 0. The number of benzene rings is 2. The number of carbonyl (C=O) groups excluding carboxylic acids is 3. The van der Waals surface area contributed by atoms with Crippen molar-refractivity contribution in [1.29, 1.82) is 0 Å². The summed E-state index contributed by atoms with van der Waals surface area (Å²) in [7, 11) is 0. The number of thiazole rings is 1. The van der Waals surface area contributed by atoms with E-state index < -0.39 is 11.8 Å². The van der Waals surface area contributed by atoms with E-state index in [9.17, 15) is 14.4 Å². The lowest BCUT2D eigenvalue weighted by atomic mass is 10.1. The Morgan fingerprint density at radius 1 is 0.971 bits per heavy atom.